The summed E-state index contributed by atoms with van der Waals surface area (Å²) < 4.78 is 1.79. The second-order valence-electron chi connectivity index (χ2n) is 7.61. The smallest absolute Gasteiger partial charge is 0.262 e. The molecule has 0 unspecified atom stereocenters. The van der Waals surface area contributed by atoms with Gasteiger partial charge in [0.2, 0.25) is 0 Å². The molecule has 6 heteroatoms. The van der Waals surface area contributed by atoms with Gasteiger partial charge in [-0.1, -0.05) is 42.1 Å². The second-order valence-corrected chi connectivity index (χ2v) is 8.92. The average Bonchev–Trinajstić information content (AvgIpc) is 3.49. The van der Waals surface area contributed by atoms with Crippen LogP contribution in [0, 0.1) is 6.92 Å². The van der Waals surface area contributed by atoms with E-state index < -0.39 is 0 Å². The highest BCUT2D eigenvalue weighted by atomic mass is 32.2. The van der Waals surface area contributed by atoms with Crippen molar-refractivity contribution in [1.29, 1.82) is 0 Å². The van der Waals surface area contributed by atoms with E-state index in [1.54, 1.807) is 4.57 Å². The monoisotopic (exact) mass is 403 g/mol. The maximum atomic E-state index is 13.3. The summed E-state index contributed by atoms with van der Waals surface area (Å²) in [6.07, 6.45) is 1.97. The Morgan fingerprint density at radius 2 is 1.83 bits per heavy atom. The fourth-order valence-corrected chi connectivity index (χ4v) is 4.91. The van der Waals surface area contributed by atoms with Gasteiger partial charge in [-0.15, -0.1) is 0 Å². The number of ketones is 1. The molecule has 5 nitrogen and oxygen atoms in total. The molecular weight excluding hydrogens is 382 g/mol. The predicted octanol–water partition coefficient (Wildman–Crippen LogP) is 4.88. The van der Waals surface area contributed by atoms with Gasteiger partial charge in [-0.05, 0) is 44.9 Å². The van der Waals surface area contributed by atoms with Crippen LogP contribution >= 0.6 is 11.8 Å². The van der Waals surface area contributed by atoms with E-state index in [-0.39, 0.29) is 22.6 Å². The number of hydrogen-bond acceptors (Lipinski definition) is 4. The summed E-state index contributed by atoms with van der Waals surface area (Å²) >= 11 is 1.38. The number of nitrogens with zero attached hydrogens (tertiary/aromatic N) is 2. The molecule has 0 spiro atoms. The Balaban J connectivity index is 1.55. The summed E-state index contributed by atoms with van der Waals surface area (Å²) in [6.45, 7) is 3.83. The summed E-state index contributed by atoms with van der Waals surface area (Å²) in [4.78, 5) is 34.4. The third-order valence-electron chi connectivity index (χ3n) is 5.48. The van der Waals surface area contributed by atoms with E-state index in [0.29, 0.717) is 16.1 Å². The van der Waals surface area contributed by atoms with Crippen molar-refractivity contribution in [3.05, 3.63) is 70.1 Å². The number of aromatic nitrogens is 3. The number of fused-ring (bicyclic) bond motifs is 2. The average molecular weight is 404 g/mol. The minimum absolute atomic E-state index is 0.0106. The number of aryl methyl sites for hydroxylation is 1. The Kier molecular flexibility index (Phi) is 4.32. The Hall–Kier alpha value is -2.86. The summed E-state index contributed by atoms with van der Waals surface area (Å²) in [5.41, 5.74) is 3.23. The van der Waals surface area contributed by atoms with Gasteiger partial charge in [0.1, 0.15) is 0 Å². The first-order chi connectivity index (χ1) is 14.0. The molecule has 1 atom stereocenters. The standard InChI is InChI=1S/C23H21N3O2S/c1-13-20(16-7-3-5-9-18(16)24-13)21(27)14(2)29-23-25-19-10-6-4-8-17(19)22(28)26(23)15-11-12-15/h3-10,14-15,24H,11-12H2,1-2H3/t14-/m1/s1. The van der Waals surface area contributed by atoms with Crippen molar-refractivity contribution in [2.24, 2.45) is 0 Å². The van der Waals surface area contributed by atoms with Crippen molar-refractivity contribution in [3.63, 3.8) is 0 Å². The number of rotatable bonds is 5. The summed E-state index contributed by atoms with van der Waals surface area (Å²) in [7, 11) is 0. The zero-order valence-corrected chi connectivity index (χ0v) is 17.1. The minimum atomic E-state index is -0.356. The maximum absolute atomic E-state index is 13.3. The van der Waals surface area contributed by atoms with Gasteiger partial charge >= 0.3 is 0 Å². The van der Waals surface area contributed by atoms with E-state index >= 15 is 0 Å². The number of aromatic amines is 1. The van der Waals surface area contributed by atoms with Crippen LogP contribution in [0.3, 0.4) is 0 Å². The Morgan fingerprint density at radius 3 is 2.59 bits per heavy atom. The molecule has 2 aromatic carbocycles. The molecule has 1 aliphatic carbocycles. The molecule has 1 saturated carbocycles. The largest absolute Gasteiger partial charge is 0.358 e. The molecule has 5 rings (SSSR count). The van der Waals surface area contributed by atoms with Crippen LogP contribution in [0.5, 0.6) is 0 Å². The van der Waals surface area contributed by atoms with Gasteiger partial charge in [0.05, 0.1) is 16.2 Å². The topological polar surface area (TPSA) is 67.8 Å². The van der Waals surface area contributed by atoms with E-state index in [4.69, 9.17) is 4.98 Å². The number of H-pyrrole nitrogens is 1. The maximum Gasteiger partial charge on any atom is 0.262 e. The van der Waals surface area contributed by atoms with Crippen LogP contribution in [0.2, 0.25) is 0 Å². The van der Waals surface area contributed by atoms with Crippen molar-refractivity contribution in [3.8, 4) is 0 Å². The van der Waals surface area contributed by atoms with Gasteiger partial charge in [0.25, 0.3) is 5.56 Å². The lowest BCUT2D eigenvalue weighted by molar-refractivity contribution is 0.0995. The van der Waals surface area contributed by atoms with Crippen molar-refractivity contribution < 1.29 is 4.79 Å². The lowest BCUT2D eigenvalue weighted by atomic mass is 10.1. The second kappa shape index (κ2) is 6.88. The first-order valence-electron chi connectivity index (χ1n) is 9.84. The Labute approximate surface area is 172 Å². The lowest BCUT2D eigenvalue weighted by Gasteiger charge is -2.15. The fraction of sp³-hybridized carbons (Fsp3) is 0.261. The van der Waals surface area contributed by atoms with Crippen molar-refractivity contribution in [1.82, 2.24) is 14.5 Å². The molecule has 1 aliphatic rings. The van der Waals surface area contributed by atoms with Crippen molar-refractivity contribution in [2.75, 3.05) is 0 Å². The van der Waals surface area contributed by atoms with Crippen molar-refractivity contribution in [2.45, 2.75) is 43.1 Å². The zero-order chi connectivity index (χ0) is 20.1. The number of benzene rings is 2. The molecule has 2 heterocycles. The van der Waals surface area contributed by atoms with Gasteiger partial charge in [0, 0.05) is 28.2 Å². The highest BCUT2D eigenvalue weighted by Gasteiger charge is 2.30. The number of carbonyl (C=O) groups excluding carboxylic acids is 1. The van der Waals surface area contributed by atoms with E-state index in [0.717, 1.165) is 35.0 Å². The first kappa shape index (κ1) is 18.2. The molecule has 4 aromatic rings. The third kappa shape index (κ3) is 3.08. The van der Waals surface area contributed by atoms with Crippen LogP contribution in [-0.2, 0) is 0 Å². The quantitative estimate of drug-likeness (QED) is 0.293. The fourth-order valence-electron chi connectivity index (χ4n) is 3.87. The lowest BCUT2D eigenvalue weighted by Crippen LogP contribution is -2.24. The molecule has 0 amide bonds. The van der Waals surface area contributed by atoms with Crippen molar-refractivity contribution >= 4 is 39.4 Å². The highest BCUT2D eigenvalue weighted by molar-refractivity contribution is 8.00. The highest BCUT2D eigenvalue weighted by Crippen LogP contribution is 2.38. The molecule has 146 valence electrons. The third-order valence-corrected chi connectivity index (χ3v) is 6.55. The Morgan fingerprint density at radius 1 is 1.14 bits per heavy atom. The summed E-state index contributed by atoms with van der Waals surface area (Å²) in [5, 5.41) is 1.85. The predicted molar refractivity (Wildman–Crippen MR) is 117 cm³/mol. The van der Waals surface area contributed by atoms with Crippen LogP contribution in [-0.4, -0.2) is 25.6 Å². The Bertz CT molecular complexity index is 1320. The van der Waals surface area contributed by atoms with E-state index in [1.807, 2.05) is 62.4 Å². The van der Waals surface area contributed by atoms with Crippen LogP contribution < -0.4 is 5.56 Å². The number of hydrogen-bond donors (Lipinski definition) is 1. The minimum Gasteiger partial charge on any atom is -0.358 e. The first-order valence-corrected chi connectivity index (χ1v) is 10.7. The van der Waals surface area contributed by atoms with E-state index in [1.165, 1.54) is 11.8 Å². The van der Waals surface area contributed by atoms with Crippen LogP contribution in [0.4, 0.5) is 0 Å². The molecule has 0 saturated heterocycles. The van der Waals surface area contributed by atoms with E-state index in [9.17, 15) is 9.59 Å². The molecule has 1 fully saturated rings. The van der Waals surface area contributed by atoms with Gasteiger partial charge in [0.15, 0.2) is 10.9 Å². The summed E-state index contributed by atoms with van der Waals surface area (Å²) in [5.74, 6) is 0.0507. The molecule has 29 heavy (non-hydrogen) atoms. The van der Waals surface area contributed by atoms with Crippen LogP contribution in [0.25, 0.3) is 21.8 Å². The molecule has 0 aliphatic heterocycles. The molecule has 0 radical (unpaired) electrons. The zero-order valence-electron chi connectivity index (χ0n) is 16.3. The molecule has 0 bridgehead atoms. The number of Topliss-reactive ketones (excluding diaryl/α,β-unsaturated/α-hetero) is 1. The number of nitrogens with one attached hydrogen (secondary N) is 1. The summed E-state index contributed by atoms with van der Waals surface area (Å²) in [6, 6.07) is 15.5. The van der Waals surface area contributed by atoms with Gasteiger partial charge < -0.3 is 4.98 Å². The van der Waals surface area contributed by atoms with Gasteiger partial charge in [-0.25, -0.2) is 4.98 Å². The van der Waals surface area contributed by atoms with Gasteiger partial charge in [-0.3, -0.25) is 14.2 Å². The molecule has 1 N–H and O–H groups in total. The van der Waals surface area contributed by atoms with Gasteiger partial charge in [-0.2, -0.15) is 0 Å². The van der Waals surface area contributed by atoms with Crippen LogP contribution in [0.15, 0.2) is 58.5 Å². The number of thioether (sulfide) groups is 1. The normalized spacial score (nSPS) is 15.1. The SMILES string of the molecule is Cc1[nH]c2ccccc2c1C(=O)[C@@H](C)Sc1nc2ccccc2c(=O)n1C1CC1. The molecular formula is C23H21N3O2S. The van der Waals surface area contributed by atoms with Crippen LogP contribution in [0.1, 0.15) is 41.9 Å². The number of para-hydroxylation sites is 2. The molecule has 2 aromatic heterocycles. The number of carbonyl (C=O) groups is 1. The van der Waals surface area contributed by atoms with E-state index in [2.05, 4.69) is 4.98 Å².